The van der Waals surface area contributed by atoms with E-state index in [0.29, 0.717) is 25.7 Å². The number of aliphatic hydroxyl groups is 1. The van der Waals surface area contributed by atoms with E-state index in [0.717, 1.165) is 33.9 Å². The Morgan fingerprint density at radius 3 is 2.42 bits per heavy atom. The van der Waals surface area contributed by atoms with Crippen LogP contribution in [0.4, 0.5) is 15.2 Å². The van der Waals surface area contributed by atoms with Gasteiger partial charge in [0.1, 0.15) is 11.6 Å². The number of rotatable bonds is 7. The van der Waals surface area contributed by atoms with Crippen molar-refractivity contribution < 1.29 is 24.0 Å². The third kappa shape index (κ3) is 5.43. The molecule has 0 bridgehead atoms. The highest BCUT2D eigenvalue weighted by Gasteiger charge is 2.48. The fourth-order valence-corrected chi connectivity index (χ4v) is 6.45. The smallest absolute Gasteiger partial charge is 0.301 e. The van der Waals surface area contributed by atoms with Gasteiger partial charge in [-0.3, -0.25) is 24.6 Å². The number of carbonyl (C=O) groups is 2. The molecule has 9 nitrogen and oxygen atoms in total. The Morgan fingerprint density at radius 1 is 1.07 bits per heavy atom. The third-order valence-electron chi connectivity index (χ3n) is 5.95. The van der Waals surface area contributed by atoms with Crippen molar-refractivity contribution >= 4 is 74.6 Å². The molecule has 0 radical (unpaired) electrons. The second-order valence-corrected chi connectivity index (χ2v) is 11.4. The zero-order valence-corrected chi connectivity index (χ0v) is 23.1. The molecule has 0 saturated carbocycles. The van der Waals surface area contributed by atoms with Crippen LogP contribution in [0.2, 0.25) is 10.0 Å². The van der Waals surface area contributed by atoms with E-state index in [1.54, 1.807) is 18.2 Å². The molecule has 2 heterocycles. The topological polar surface area (TPSA) is 127 Å². The largest absolute Gasteiger partial charge is 0.507 e. The van der Waals surface area contributed by atoms with E-state index in [4.69, 9.17) is 23.2 Å². The van der Waals surface area contributed by atoms with Crippen LogP contribution in [0.25, 0.3) is 5.76 Å². The van der Waals surface area contributed by atoms with Crippen LogP contribution in [0.1, 0.15) is 22.7 Å². The number of benzene rings is 3. The van der Waals surface area contributed by atoms with Crippen molar-refractivity contribution in [3.63, 3.8) is 0 Å². The molecular formula is C26H15Cl2FN4O5S2. The van der Waals surface area contributed by atoms with Crippen LogP contribution >= 0.6 is 46.3 Å². The summed E-state index contributed by atoms with van der Waals surface area (Å²) in [5.41, 5.74) is 0.751. The molecule has 1 aliphatic rings. The van der Waals surface area contributed by atoms with Crippen LogP contribution in [-0.2, 0) is 15.3 Å². The number of non-ortho nitro benzene ring substituents is 1. The molecule has 1 N–H and O–H groups in total. The summed E-state index contributed by atoms with van der Waals surface area (Å²) in [6, 6.07) is 13.9. The molecule has 1 saturated heterocycles. The summed E-state index contributed by atoms with van der Waals surface area (Å²) < 4.78 is 14.0. The lowest BCUT2D eigenvalue weighted by Crippen LogP contribution is -2.29. The molecule has 0 aliphatic carbocycles. The predicted molar refractivity (Wildman–Crippen MR) is 150 cm³/mol. The first-order valence-corrected chi connectivity index (χ1v) is 13.9. The van der Waals surface area contributed by atoms with Gasteiger partial charge in [-0.25, -0.2) is 4.39 Å². The number of hydrogen-bond donors (Lipinski definition) is 1. The van der Waals surface area contributed by atoms with Gasteiger partial charge in [0.2, 0.25) is 5.13 Å². The summed E-state index contributed by atoms with van der Waals surface area (Å²) in [5.74, 6) is -2.62. The van der Waals surface area contributed by atoms with E-state index < -0.39 is 34.2 Å². The van der Waals surface area contributed by atoms with Crippen LogP contribution in [0.3, 0.4) is 0 Å². The fraction of sp³-hybridized carbons (Fsp3) is 0.0769. The standard InChI is InChI=1S/C26H15Cl2FN4O5S2/c27-16-6-1-15(19(28)11-16)12-39-26-31-30-25(40-26)32-21(13-4-9-18(10-5-13)33(37)38)20(23(35)24(32)36)22(34)14-2-7-17(29)8-3-14/h1-11,21,34H,12H2/b22-20-. The second-order valence-electron chi connectivity index (χ2n) is 8.40. The van der Waals surface area contributed by atoms with Crippen LogP contribution in [-0.4, -0.2) is 31.9 Å². The van der Waals surface area contributed by atoms with Crippen molar-refractivity contribution in [2.75, 3.05) is 4.90 Å². The van der Waals surface area contributed by atoms with Gasteiger partial charge in [-0.15, -0.1) is 10.2 Å². The van der Waals surface area contributed by atoms with Crippen LogP contribution in [0.15, 0.2) is 76.6 Å². The highest BCUT2D eigenvalue weighted by atomic mass is 35.5. The Labute approximate surface area is 244 Å². The highest BCUT2D eigenvalue weighted by Crippen LogP contribution is 2.44. The molecule has 14 heteroatoms. The number of nitro groups is 1. The monoisotopic (exact) mass is 616 g/mol. The van der Waals surface area contributed by atoms with Crippen LogP contribution in [0, 0.1) is 15.9 Å². The molecular weight excluding hydrogens is 602 g/mol. The minimum absolute atomic E-state index is 0.0771. The second kappa shape index (κ2) is 11.3. The molecule has 4 aromatic rings. The number of anilines is 1. The average Bonchev–Trinajstić information content (AvgIpc) is 3.50. The number of ketones is 1. The van der Waals surface area contributed by atoms with Gasteiger partial charge in [0.25, 0.3) is 11.5 Å². The number of hydrogen-bond acceptors (Lipinski definition) is 9. The Kier molecular flexibility index (Phi) is 7.86. The number of nitro benzene ring substituents is 1. The summed E-state index contributed by atoms with van der Waals surface area (Å²) in [4.78, 5) is 38.2. The van der Waals surface area contributed by atoms with Gasteiger partial charge in [-0.1, -0.05) is 52.4 Å². The van der Waals surface area contributed by atoms with E-state index in [-0.39, 0.29) is 22.0 Å². The minimum atomic E-state index is -1.18. The maximum absolute atomic E-state index is 13.5. The Bertz CT molecular complexity index is 1680. The molecule has 1 aliphatic heterocycles. The summed E-state index contributed by atoms with van der Waals surface area (Å²) in [6.45, 7) is 0. The lowest BCUT2D eigenvalue weighted by Gasteiger charge is -2.22. The maximum atomic E-state index is 13.5. The van der Waals surface area contributed by atoms with Crippen molar-refractivity contribution in [2.45, 2.75) is 16.1 Å². The summed E-state index contributed by atoms with van der Waals surface area (Å²) >= 11 is 14.6. The van der Waals surface area contributed by atoms with Crippen molar-refractivity contribution in [1.82, 2.24) is 10.2 Å². The van der Waals surface area contributed by atoms with Gasteiger partial charge in [-0.2, -0.15) is 0 Å². The van der Waals surface area contributed by atoms with E-state index in [1.165, 1.54) is 48.2 Å². The molecule has 5 rings (SSSR count). The van der Waals surface area contributed by atoms with Crippen molar-refractivity contribution in [3.05, 3.63) is 115 Å². The van der Waals surface area contributed by atoms with Crippen molar-refractivity contribution in [3.8, 4) is 0 Å². The number of carbonyl (C=O) groups excluding carboxylic acids is 2. The highest BCUT2D eigenvalue weighted by molar-refractivity contribution is 8.00. The van der Waals surface area contributed by atoms with Crippen molar-refractivity contribution in [2.24, 2.45) is 0 Å². The van der Waals surface area contributed by atoms with Gasteiger partial charge in [-0.05, 0) is 59.7 Å². The predicted octanol–water partition coefficient (Wildman–Crippen LogP) is 6.81. The molecule has 1 unspecified atom stereocenters. The van der Waals surface area contributed by atoms with Gasteiger partial charge in [0, 0.05) is 33.5 Å². The Hall–Kier alpha value is -3.84. The van der Waals surface area contributed by atoms with Crippen molar-refractivity contribution in [1.29, 1.82) is 0 Å². The quantitative estimate of drug-likeness (QED) is 0.0456. The number of aromatic nitrogens is 2. The molecule has 202 valence electrons. The lowest BCUT2D eigenvalue weighted by atomic mass is 9.95. The Balaban J connectivity index is 1.54. The van der Waals surface area contributed by atoms with Crippen LogP contribution in [0.5, 0.6) is 0 Å². The van der Waals surface area contributed by atoms with Gasteiger partial charge < -0.3 is 5.11 Å². The number of aliphatic hydroxyl groups excluding tert-OH is 1. The Morgan fingerprint density at radius 2 is 1.77 bits per heavy atom. The van der Waals surface area contributed by atoms with Crippen LogP contribution < -0.4 is 4.90 Å². The molecule has 1 atom stereocenters. The fourth-order valence-electron chi connectivity index (χ4n) is 4.02. The van der Waals surface area contributed by atoms with E-state index >= 15 is 0 Å². The number of nitrogens with zero attached hydrogens (tertiary/aromatic N) is 4. The average molecular weight is 617 g/mol. The molecule has 1 aromatic heterocycles. The minimum Gasteiger partial charge on any atom is -0.507 e. The lowest BCUT2D eigenvalue weighted by molar-refractivity contribution is -0.384. The molecule has 1 fully saturated rings. The molecule has 0 spiro atoms. The molecule has 3 aromatic carbocycles. The number of halogens is 3. The first-order chi connectivity index (χ1) is 19.1. The van der Waals surface area contributed by atoms with Gasteiger partial charge >= 0.3 is 5.91 Å². The first kappa shape index (κ1) is 27.7. The molecule has 40 heavy (non-hydrogen) atoms. The van der Waals surface area contributed by atoms with E-state index in [9.17, 15) is 29.2 Å². The maximum Gasteiger partial charge on any atom is 0.301 e. The third-order valence-corrected chi connectivity index (χ3v) is 8.64. The molecule has 1 amide bonds. The number of amides is 1. The normalized spacial score (nSPS) is 16.5. The van der Waals surface area contributed by atoms with E-state index in [2.05, 4.69) is 10.2 Å². The summed E-state index contributed by atoms with van der Waals surface area (Å²) in [6.07, 6.45) is 0. The summed E-state index contributed by atoms with van der Waals surface area (Å²) in [5, 5.41) is 31.6. The number of thioether (sulfide) groups is 1. The SMILES string of the molecule is O=C1C(=O)N(c2nnc(SCc3ccc(Cl)cc3Cl)s2)C(c2ccc([N+](=O)[O-])cc2)/C1=C(/O)c1ccc(F)cc1. The summed E-state index contributed by atoms with van der Waals surface area (Å²) in [7, 11) is 0. The zero-order chi connectivity index (χ0) is 28.6. The van der Waals surface area contributed by atoms with Gasteiger partial charge in [0.05, 0.1) is 16.5 Å². The van der Waals surface area contributed by atoms with E-state index in [1.807, 2.05) is 0 Å². The van der Waals surface area contributed by atoms with Gasteiger partial charge in [0.15, 0.2) is 4.34 Å². The zero-order valence-electron chi connectivity index (χ0n) is 20.0. The first-order valence-electron chi connectivity index (χ1n) is 11.4. The number of Topliss-reactive ketones (excluding diaryl/α,β-unsaturated/α-hetero) is 1.